The minimum absolute atomic E-state index is 0.0121. The highest BCUT2D eigenvalue weighted by Crippen LogP contribution is 2.60. The van der Waals surface area contributed by atoms with Crippen LogP contribution >= 0.6 is 27.2 Å². The Balaban J connectivity index is 1.43. The number of anilines is 1. The van der Waals surface area contributed by atoms with Crippen molar-refractivity contribution in [2.24, 2.45) is 41.2 Å². The Bertz CT molecular complexity index is 3770. The average Bonchev–Trinajstić information content (AvgIpc) is 0.834. The molecule has 0 bridgehead atoms. The Morgan fingerprint density at radius 3 is 2.08 bits per heavy atom. The lowest BCUT2D eigenvalue weighted by Crippen LogP contribution is -2.57. The van der Waals surface area contributed by atoms with Gasteiger partial charge in [0.25, 0.3) is 5.91 Å². The zero-order valence-electron chi connectivity index (χ0n) is 68.4. The maximum Gasteiger partial charge on any atom is 0.481 e. The average molecular weight is 1660 g/mol. The quantitative estimate of drug-likeness (QED) is 0.0103. The van der Waals surface area contributed by atoms with Crippen LogP contribution in [-0.4, -0.2) is 173 Å². The van der Waals surface area contributed by atoms with E-state index in [1.807, 2.05) is 13.8 Å². The standard InChI is InChI=1S/C80H122ClN9O22P2/c1-15-51(7)70-75(97)85-56(12)79(101)111-71(52(8)16-2)54(10)66(40-31-53(9)78(100)109-67(43-49(3)4)74(96)84-55(11)76(98)90(14)65(45-58-32-36-60(81)37-33-58)77(99)89(13)47-69(93)88-70)110-80(102)83-41-25-20-26-42-107-113(103,104)112-114(105,106)108-48-59-34-38-61(39-35-59)86-73(95)64(29-23-24-30-68(82)92)87-72(94)63(50(5)6)46-62(91)44-57-27-21-18-17-19-22-28-57/h16-18,31-39,49-51,54-57,63-67,70-71H,15,19-30,40-48H2,1-14H3,(H2,82,92)(H,83,102)(H,84,96)(H,85,97)(H,86,95)(H,87,94)(H,88,93)(H,103,104)(H,105,106)/b18-17+,52-16+,53-31+/t51?,54-,55-,56+,57?,63+,64-,65+,66-,67+,70-,71+/m0/s1. The number of amides is 9. The Kier molecular flexibility index (Phi) is 42.2. The van der Waals surface area contributed by atoms with Gasteiger partial charge in [-0.25, -0.2) is 23.5 Å². The van der Waals surface area contributed by atoms with Crippen molar-refractivity contribution in [3.05, 3.63) is 100 Å². The van der Waals surface area contributed by atoms with Gasteiger partial charge in [-0.05, 0) is 170 Å². The summed E-state index contributed by atoms with van der Waals surface area (Å²) in [6, 6.07) is 6.23. The van der Waals surface area contributed by atoms with E-state index in [1.165, 1.54) is 65.2 Å². The number of ketones is 1. The lowest BCUT2D eigenvalue weighted by Gasteiger charge is -2.33. The van der Waals surface area contributed by atoms with Crippen LogP contribution in [0.25, 0.3) is 0 Å². The first-order valence-electron chi connectivity index (χ1n) is 39.3. The van der Waals surface area contributed by atoms with Gasteiger partial charge < -0.3 is 71.4 Å². The van der Waals surface area contributed by atoms with E-state index >= 15 is 0 Å². The number of Topliss-reactive ketones (excluding diaryl/α,β-unsaturated/α-hetero) is 1. The molecule has 0 saturated heterocycles. The van der Waals surface area contributed by atoms with Gasteiger partial charge in [0, 0.05) is 80.9 Å². The summed E-state index contributed by atoms with van der Waals surface area (Å²) in [5.74, 6) is -9.36. The number of likely N-dealkylation sites (N-methyl/N-ethyl adjacent to an activating group) is 2. The number of unbranched alkanes of at least 4 members (excludes halogenated alkanes) is 3. The van der Waals surface area contributed by atoms with Crippen LogP contribution in [0, 0.1) is 35.5 Å². The van der Waals surface area contributed by atoms with E-state index in [0.29, 0.717) is 41.8 Å². The van der Waals surface area contributed by atoms with Gasteiger partial charge in [-0.1, -0.05) is 121 Å². The van der Waals surface area contributed by atoms with Crippen molar-refractivity contribution in [2.75, 3.05) is 39.1 Å². The van der Waals surface area contributed by atoms with E-state index in [1.54, 1.807) is 78.8 Å². The smallest absolute Gasteiger partial charge is 0.456 e. The van der Waals surface area contributed by atoms with Crippen LogP contribution in [-0.2, 0) is 102 Å². The Hall–Kier alpha value is -8.15. The molecule has 114 heavy (non-hydrogen) atoms. The number of phosphoric acid groups is 2. The van der Waals surface area contributed by atoms with Crippen molar-refractivity contribution >= 4 is 104 Å². The third-order valence-corrected chi connectivity index (χ3v) is 23.0. The molecule has 4 rings (SSSR count). The predicted octanol–water partition coefficient (Wildman–Crippen LogP) is 10.5. The number of hydrogen-bond donors (Lipinski definition) is 9. The number of primary amides is 1. The second-order valence-electron chi connectivity index (χ2n) is 30.4. The number of cyclic esters (lactones) is 2. The third-order valence-electron chi connectivity index (χ3n) is 20.1. The Morgan fingerprint density at radius 2 is 1.44 bits per heavy atom. The molecule has 0 aromatic heterocycles. The van der Waals surface area contributed by atoms with Crippen molar-refractivity contribution in [2.45, 2.75) is 254 Å². The number of carbonyl (C=O) groups excluding carboxylic acids is 12. The molecule has 0 fully saturated rings. The largest absolute Gasteiger partial charge is 0.481 e. The van der Waals surface area contributed by atoms with Crippen LogP contribution in [0.5, 0.6) is 0 Å². The number of hydrogen-bond acceptors (Lipinski definition) is 20. The number of nitrogens with two attached hydrogens (primary N) is 1. The highest BCUT2D eigenvalue weighted by Gasteiger charge is 2.40. The van der Waals surface area contributed by atoms with E-state index in [2.05, 4.69) is 48.4 Å². The maximum atomic E-state index is 14.4. The maximum absolute atomic E-state index is 14.4. The predicted molar refractivity (Wildman–Crippen MR) is 429 cm³/mol. The molecular weight excluding hydrogens is 1540 g/mol. The molecule has 31 nitrogen and oxygen atoms in total. The zero-order chi connectivity index (χ0) is 85.2. The Morgan fingerprint density at radius 1 is 0.789 bits per heavy atom. The van der Waals surface area contributed by atoms with E-state index in [-0.39, 0.29) is 105 Å². The summed E-state index contributed by atoms with van der Waals surface area (Å²) in [4.78, 5) is 188. The van der Waals surface area contributed by atoms with Crippen molar-refractivity contribution in [3.8, 4) is 0 Å². The summed E-state index contributed by atoms with van der Waals surface area (Å²) >= 11 is 6.18. The second kappa shape index (κ2) is 49.0. The lowest BCUT2D eigenvalue weighted by atomic mass is 9.84. The molecule has 0 spiro atoms. The summed E-state index contributed by atoms with van der Waals surface area (Å²) in [6.45, 7) is 18.3. The Labute approximate surface area is 675 Å². The number of allylic oxidation sites excluding steroid dienone is 3. The number of halogens is 1. The van der Waals surface area contributed by atoms with Gasteiger partial charge in [-0.2, -0.15) is 4.31 Å². The molecule has 2 aromatic rings. The topological polar surface area (TPSA) is 439 Å². The normalized spacial score (nSPS) is 23.9. The van der Waals surface area contributed by atoms with E-state index in [9.17, 15) is 76.5 Å². The molecule has 10 N–H and O–H groups in total. The van der Waals surface area contributed by atoms with Crippen LogP contribution in [0.4, 0.5) is 10.5 Å². The molecule has 1 heterocycles. The van der Waals surface area contributed by atoms with E-state index < -0.39 is 167 Å². The van der Waals surface area contributed by atoms with E-state index in [4.69, 9.17) is 40.6 Å². The van der Waals surface area contributed by atoms with Gasteiger partial charge in [0.1, 0.15) is 48.2 Å². The van der Waals surface area contributed by atoms with Crippen molar-refractivity contribution < 1.29 is 104 Å². The fourth-order valence-corrected chi connectivity index (χ4v) is 15.0. The highest BCUT2D eigenvalue weighted by molar-refractivity contribution is 7.61. The van der Waals surface area contributed by atoms with Gasteiger partial charge in [-0.15, -0.1) is 0 Å². The number of benzene rings is 2. The molecule has 1 aliphatic heterocycles. The van der Waals surface area contributed by atoms with Gasteiger partial charge in [0.05, 0.1) is 19.8 Å². The number of carbonyl (C=O) groups is 12. The molecule has 0 saturated carbocycles. The van der Waals surface area contributed by atoms with Crippen LogP contribution in [0.15, 0.2) is 84.0 Å². The monoisotopic (exact) mass is 1660 g/mol. The first-order chi connectivity index (χ1) is 53.6. The van der Waals surface area contributed by atoms with Gasteiger partial charge in [0.2, 0.25) is 41.4 Å². The molecule has 636 valence electrons. The fraction of sp³-hybridized carbons (Fsp3) is 0.625. The molecule has 4 unspecified atom stereocenters. The molecule has 9 amide bonds. The van der Waals surface area contributed by atoms with Gasteiger partial charge in [-0.3, -0.25) is 52.2 Å². The number of ether oxygens (including phenoxy) is 3. The van der Waals surface area contributed by atoms with Crippen molar-refractivity contribution in [1.82, 2.24) is 36.4 Å². The van der Waals surface area contributed by atoms with Gasteiger partial charge >= 0.3 is 33.7 Å². The molecule has 1 aliphatic carbocycles. The second-order valence-corrected chi connectivity index (χ2v) is 33.9. The summed E-state index contributed by atoms with van der Waals surface area (Å²) in [7, 11) is -7.77. The summed E-state index contributed by atoms with van der Waals surface area (Å²) < 4.78 is 58.3. The van der Waals surface area contributed by atoms with E-state index in [0.717, 1.165) is 41.9 Å². The van der Waals surface area contributed by atoms with Crippen LogP contribution in [0.3, 0.4) is 0 Å². The number of nitrogens with zero attached hydrogens (tertiary/aromatic N) is 2. The summed E-state index contributed by atoms with van der Waals surface area (Å²) in [6.07, 6.45) is 9.47. The minimum atomic E-state index is -5.27. The molecule has 2 aromatic carbocycles. The minimum Gasteiger partial charge on any atom is -0.456 e. The number of alkyl carbamates (subject to hydrolysis) is 1. The number of nitrogens with one attached hydrogen (secondary N) is 6. The molecule has 34 heteroatoms. The van der Waals surface area contributed by atoms with Crippen LogP contribution in [0.1, 0.15) is 203 Å². The number of phosphoric ester groups is 2. The molecule has 0 radical (unpaired) electrons. The fourth-order valence-electron chi connectivity index (χ4n) is 12.8. The van der Waals surface area contributed by atoms with Crippen LogP contribution in [0.2, 0.25) is 5.02 Å². The zero-order valence-corrected chi connectivity index (χ0v) is 70.9. The number of rotatable bonds is 34. The first-order valence-corrected chi connectivity index (χ1v) is 42.6. The summed E-state index contributed by atoms with van der Waals surface area (Å²) in [5, 5.41) is 16.7. The molecule has 2 aliphatic rings. The molecular formula is C80H122ClN9O22P2. The highest BCUT2D eigenvalue weighted by atomic mass is 35.5. The van der Waals surface area contributed by atoms with Crippen LogP contribution < -0.4 is 37.6 Å². The number of esters is 2. The first kappa shape index (κ1) is 98.2. The summed E-state index contributed by atoms with van der Waals surface area (Å²) in [5.41, 5.74) is 6.97. The van der Waals surface area contributed by atoms with Crippen molar-refractivity contribution in [1.29, 1.82) is 0 Å². The van der Waals surface area contributed by atoms with Gasteiger partial charge in [0.15, 0.2) is 6.10 Å². The van der Waals surface area contributed by atoms with Crippen molar-refractivity contribution in [3.63, 3.8) is 0 Å². The third kappa shape index (κ3) is 35.1. The molecule has 14 atom stereocenters. The SMILES string of the molecule is C/C=C(\C)[C@H]1OC(=O)[C@@H](C)NC(=O)[C@H](C(C)CC)NC(=O)CN(C)C(=O)[C@@H](Cc2ccc(Cl)cc2)N(C)C(=O)[C@H](C)NC(=O)[C@@H](CC(C)C)OC(=O)/C(C)=C/C[C@H](OC(=O)NCCCCCOP(=O)(O)OP(=O)(O)OCc2ccc(NC(=O)[C@H](CCCCC(N)=O)NC(=O)[C@H](CC(=O)CC3CC/C=C/CCC3)C(C)C)cc2)[C@@H]1C. The lowest BCUT2D eigenvalue weighted by molar-refractivity contribution is -0.155.